The van der Waals surface area contributed by atoms with Crippen molar-refractivity contribution >= 4 is 5.91 Å². The zero-order chi connectivity index (χ0) is 13.1. The standard InChI is InChI=1S/C15H27N3O/c19-14(18-9-6-13-5-3-8-17-13)15-7-2-1-4-12(15)10-16-11-15/h12-13,16-17H,1-11H2,(H,18,19)/t12-,13+,15+/m0/s1. The lowest BCUT2D eigenvalue weighted by molar-refractivity contribution is -0.134. The maximum absolute atomic E-state index is 12.6. The van der Waals surface area contributed by atoms with Gasteiger partial charge in [0.1, 0.15) is 0 Å². The van der Waals surface area contributed by atoms with Gasteiger partial charge in [-0.2, -0.15) is 0 Å². The second-order valence-electron chi connectivity index (χ2n) is 6.57. The Morgan fingerprint density at radius 2 is 2.21 bits per heavy atom. The minimum absolute atomic E-state index is 0.0820. The Morgan fingerprint density at radius 3 is 3.05 bits per heavy atom. The molecule has 0 bridgehead atoms. The maximum Gasteiger partial charge on any atom is 0.227 e. The molecule has 3 N–H and O–H groups in total. The lowest BCUT2D eigenvalue weighted by atomic mass is 9.67. The Morgan fingerprint density at radius 1 is 1.26 bits per heavy atom. The Kier molecular flexibility index (Phi) is 4.08. The summed E-state index contributed by atoms with van der Waals surface area (Å²) in [5.41, 5.74) is -0.0820. The lowest BCUT2D eigenvalue weighted by Gasteiger charge is -2.37. The first-order chi connectivity index (χ1) is 9.31. The molecule has 0 unspecified atom stereocenters. The molecular weight excluding hydrogens is 238 g/mol. The van der Waals surface area contributed by atoms with Crippen LogP contribution in [-0.4, -0.2) is 38.1 Å². The van der Waals surface area contributed by atoms with Crippen LogP contribution in [0.15, 0.2) is 0 Å². The van der Waals surface area contributed by atoms with E-state index in [1.165, 1.54) is 32.1 Å². The Labute approximate surface area is 116 Å². The largest absolute Gasteiger partial charge is 0.356 e. The molecule has 3 rings (SSSR count). The quantitative estimate of drug-likeness (QED) is 0.711. The van der Waals surface area contributed by atoms with Gasteiger partial charge >= 0.3 is 0 Å². The molecule has 1 saturated carbocycles. The van der Waals surface area contributed by atoms with Crippen molar-refractivity contribution in [2.45, 2.75) is 51.0 Å². The smallest absolute Gasteiger partial charge is 0.227 e. The number of amides is 1. The topological polar surface area (TPSA) is 53.2 Å². The van der Waals surface area contributed by atoms with Gasteiger partial charge in [-0.1, -0.05) is 12.8 Å². The van der Waals surface area contributed by atoms with Gasteiger partial charge in [-0.05, 0) is 51.1 Å². The molecular formula is C15H27N3O. The molecule has 2 saturated heterocycles. The normalized spacial score (nSPS) is 38.1. The molecule has 0 spiro atoms. The molecule has 1 amide bonds. The average Bonchev–Trinajstić information content (AvgIpc) is 3.08. The molecule has 3 aliphatic rings. The van der Waals surface area contributed by atoms with Crippen LogP contribution in [-0.2, 0) is 4.79 Å². The predicted molar refractivity (Wildman–Crippen MR) is 75.9 cm³/mol. The summed E-state index contributed by atoms with van der Waals surface area (Å²) >= 11 is 0. The monoisotopic (exact) mass is 265 g/mol. The molecule has 2 heterocycles. The highest BCUT2D eigenvalue weighted by molar-refractivity contribution is 5.83. The van der Waals surface area contributed by atoms with Gasteiger partial charge in [0.05, 0.1) is 5.41 Å². The summed E-state index contributed by atoms with van der Waals surface area (Å²) in [5, 5.41) is 10.2. The Hall–Kier alpha value is -0.610. The zero-order valence-corrected chi connectivity index (χ0v) is 11.8. The van der Waals surface area contributed by atoms with E-state index in [2.05, 4.69) is 16.0 Å². The van der Waals surface area contributed by atoms with Crippen molar-refractivity contribution in [1.29, 1.82) is 0 Å². The van der Waals surface area contributed by atoms with E-state index >= 15 is 0 Å². The van der Waals surface area contributed by atoms with E-state index in [1.54, 1.807) is 0 Å². The van der Waals surface area contributed by atoms with Gasteiger partial charge in [0.2, 0.25) is 5.91 Å². The number of carbonyl (C=O) groups is 1. The third-order valence-electron chi connectivity index (χ3n) is 5.43. The molecule has 19 heavy (non-hydrogen) atoms. The Balaban J connectivity index is 1.50. The van der Waals surface area contributed by atoms with Crippen molar-refractivity contribution < 1.29 is 4.79 Å². The third kappa shape index (κ3) is 2.65. The SMILES string of the molecule is O=C(NCC[C@H]1CCCN1)[C@@]12CCCC[C@H]1CNC2. The van der Waals surface area contributed by atoms with E-state index in [0.717, 1.165) is 39.0 Å². The van der Waals surface area contributed by atoms with Crippen molar-refractivity contribution in [3.63, 3.8) is 0 Å². The van der Waals surface area contributed by atoms with E-state index in [9.17, 15) is 4.79 Å². The number of fused-ring (bicyclic) bond motifs is 1. The Bertz CT molecular complexity index is 327. The van der Waals surface area contributed by atoms with Gasteiger partial charge in [-0.15, -0.1) is 0 Å². The molecule has 0 aromatic heterocycles. The first-order valence-electron chi connectivity index (χ1n) is 8.04. The minimum atomic E-state index is -0.0820. The highest BCUT2D eigenvalue weighted by Gasteiger charge is 2.49. The van der Waals surface area contributed by atoms with Crippen LogP contribution in [0.4, 0.5) is 0 Å². The van der Waals surface area contributed by atoms with E-state index in [4.69, 9.17) is 0 Å². The van der Waals surface area contributed by atoms with E-state index in [0.29, 0.717) is 17.9 Å². The summed E-state index contributed by atoms with van der Waals surface area (Å²) in [7, 11) is 0. The fraction of sp³-hybridized carbons (Fsp3) is 0.933. The van der Waals surface area contributed by atoms with Crippen molar-refractivity contribution in [2.75, 3.05) is 26.2 Å². The van der Waals surface area contributed by atoms with Crippen LogP contribution >= 0.6 is 0 Å². The summed E-state index contributed by atoms with van der Waals surface area (Å²) in [6.45, 7) is 3.92. The van der Waals surface area contributed by atoms with Crippen LogP contribution in [0.25, 0.3) is 0 Å². The number of nitrogens with one attached hydrogen (secondary N) is 3. The third-order valence-corrected chi connectivity index (χ3v) is 5.43. The molecule has 4 nitrogen and oxygen atoms in total. The van der Waals surface area contributed by atoms with Crippen molar-refractivity contribution in [1.82, 2.24) is 16.0 Å². The van der Waals surface area contributed by atoms with Crippen LogP contribution in [0, 0.1) is 11.3 Å². The van der Waals surface area contributed by atoms with E-state index in [-0.39, 0.29) is 5.41 Å². The van der Waals surface area contributed by atoms with Crippen LogP contribution in [0.5, 0.6) is 0 Å². The molecule has 2 aliphatic heterocycles. The molecule has 3 fully saturated rings. The van der Waals surface area contributed by atoms with E-state index in [1.807, 2.05) is 0 Å². The van der Waals surface area contributed by atoms with Gasteiger partial charge < -0.3 is 16.0 Å². The van der Waals surface area contributed by atoms with Gasteiger partial charge in [0.15, 0.2) is 0 Å². The summed E-state index contributed by atoms with van der Waals surface area (Å²) in [5.74, 6) is 0.894. The highest BCUT2D eigenvalue weighted by atomic mass is 16.2. The molecule has 0 aromatic rings. The molecule has 0 aromatic carbocycles. The summed E-state index contributed by atoms with van der Waals surface area (Å²) in [6.07, 6.45) is 8.46. The fourth-order valence-electron chi connectivity index (χ4n) is 4.23. The van der Waals surface area contributed by atoms with Crippen molar-refractivity contribution in [3.8, 4) is 0 Å². The van der Waals surface area contributed by atoms with Crippen LogP contribution < -0.4 is 16.0 Å². The lowest BCUT2D eigenvalue weighted by Crippen LogP contribution is -2.48. The average molecular weight is 265 g/mol. The summed E-state index contributed by atoms with van der Waals surface area (Å²) < 4.78 is 0. The predicted octanol–water partition coefficient (Wildman–Crippen LogP) is 1.02. The van der Waals surface area contributed by atoms with Gasteiger partial charge in [-0.3, -0.25) is 4.79 Å². The van der Waals surface area contributed by atoms with Crippen molar-refractivity contribution in [3.05, 3.63) is 0 Å². The van der Waals surface area contributed by atoms with Gasteiger partial charge in [0.25, 0.3) is 0 Å². The highest BCUT2D eigenvalue weighted by Crippen LogP contribution is 2.43. The fourth-order valence-corrected chi connectivity index (χ4v) is 4.23. The second kappa shape index (κ2) is 5.80. The van der Waals surface area contributed by atoms with E-state index < -0.39 is 0 Å². The number of hydrogen-bond donors (Lipinski definition) is 3. The summed E-state index contributed by atoms with van der Waals surface area (Å²) in [4.78, 5) is 12.6. The van der Waals surface area contributed by atoms with Gasteiger partial charge in [0, 0.05) is 19.1 Å². The summed E-state index contributed by atoms with van der Waals surface area (Å²) in [6, 6.07) is 0.627. The number of carbonyl (C=O) groups excluding carboxylic acids is 1. The molecule has 108 valence electrons. The zero-order valence-electron chi connectivity index (χ0n) is 11.8. The molecule has 1 aliphatic carbocycles. The van der Waals surface area contributed by atoms with Crippen LogP contribution in [0.1, 0.15) is 44.9 Å². The minimum Gasteiger partial charge on any atom is -0.356 e. The number of hydrogen-bond acceptors (Lipinski definition) is 3. The molecule has 4 heteroatoms. The molecule has 0 radical (unpaired) electrons. The van der Waals surface area contributed by atoms with Crippen LogP contribution in [0.3, 0.4) is 0 Å². The second-order valence-corrected chi connectivity index (χ2v) is 6.57. The van der Waals surface area contributed by atoms with Crippen LogP contribution in [0.2, 0.25) is 0 Å². The van der Waals surface area contributed by atoms with Gasteiger partial charge in [-0.25, -0.2) is 0 Å². The maximum atomic E-state index is 12.6. The van der Waals surface area contributed by atoms with Crippen molar-refractivity contribution in [2.24, 2.45) is 11.3 Å². The number of rotatable bonds is 4. The molecule has 3 atom stereocenters. The first-order valence-corrected chi connectivity index (χ1v) is 8.04. The first kappa shape index (κ1) is 13.4.